The van der Waals surface area contributed by atoms with Gasteiger partial charge in [-0.2, -0.15) is 5.10 Å². The van der Waals surface area contributed by atoms with E-state index < -0.39 is 9.84 Å². The Bertz CT molecular complexity index is 731. The van der Waals surface area contributed by atoms with E-state index in [9.17, 15) is 13.2 Å². The van der Waals surface area contributed by atoms with E-state index in [2.05, 4.69) is 5.10 Å². The average molecular weight is 299 g/mol. The Morgan fingerprint density at radius 1 is 1.37 bits per heavy atom. The van der Waals surface area contributed by atoms with Gasteiger partial charge in [-0.05, 0) is 12.1 Å². The number of rotatable bonds is 3. The molecule has 0 unspecified atom stereocenters. The largest absolute Gasteiger partial charge is 0.287 e. The highest BCUT2D eigenvalue weighted by atomic mass is 35.5. The summed E-state index contributed by atoms with van der Waals surface area (Å²) >= 11 is 5.90. The van der Waals surface area contributed by atoms with Gasteiger partial charge in [-0.15, -0.1) is 0 Å². The molecule has 1 heterocycles. The van der Waals surface area contributed by atoms with E-state index in [1.165, 1.54) is 29.1 Å². The van der Waals surface area contributed by atoms with E-state index in [1.807, 2.05) is 0 Å². The number of halogens is 1. The molecule has 0 aliphatic rings. The molecule has 0 aliphatic heterocycles. The van der Waals surface area contributed by atoms with E-state index in [0.29, 0.717) is 0 Å². The smallest absolute Gasteiger partial charge is 0.212 e. The quantitative estimate of drug-likeness (QED) is 0.809. The summed E-state index contributed by atoms with van der Waals surface area (Å²) in [6, 6.07) is 5.84. The van der Waals surface area contributed by atoms with Crippen LogP contribution in [0.25, 0.3) is 0 Å². The maximum Gasteiger partial charge on any atom is 0.212 e. The lowest BCUT2D eigenvalue weighted by Gasteiger charge is -2.04. The zero-order valence-electron chi connectivity index (χ0n) is 10.3. The molecule has 0 aliphatic carbocycles. The number of hydrogen-bond donors (Lipinski definition) is 0. The summed E-state index contributed by atoms with van der Waals surface area (Å²) in [5.74, 6) is -0.365. The molecule has 0 spiro atoms. The summed E-state index contributed by atoms with van der Waals surface area (Å²) in [7, 11) is -1.76. The monoisotopic (exact) mass is 298 g/mol. The normalized spacial score (nSPS) is 11.5. The Hall–Kier alpha value is -1.66. The van der Waals surface area contributed by atoms with Crippen molar-refractivity contribution >= 4 is 27.2 Å². The molecule has 1 aromatic carbocycles. The SMILES string of the molecule is Cn1ncc(Cl)c1C(=O)c1cccc(S(C)(=O)=O)c1. The molecule has 0 atom stereocenters. The van der Waals surface area contributed by atoms with Crippen molar-refractivity contribution in [3.8, 4) is 0 Å². The molecule has 0 bridgehead atoms. The Kier molecular flexibility index (Phi) is 3.47. The van der Waals surface area contributed by atoms with Gasteiger partial charge in [-0.1, -0.05) is 23.7 Å². The molecule has 7 heteroatoms. The van der Waals surface area contributed by atoms with E-state index in [0.717, 1.165) is 6.26 Å². The molecule has 2 rings (SSSR count). The van der Waals surface area contributed by atoms with Crippen LogP contribution in [0.3, 0.4) is 0 Å². The number of aryl methyl sites for hydroxylation is 1. The number of carbonyl (C=O) groups excluding carboxylic acids is 1. The molecular formula is C12H11ClN2O3S. The number of aromatic nitrogens is 2. The van der Waals surface area contributed by atoms with Gasteiger partial charge in [0.05, 0.1) is 16.1 Å². The number of nitrogens with zero attached hydrogens (tertiary/aromatic N) is 2. The number of benzene rings is 1. The van der Waals surface area contributed by atoms with Crippen molar-refractivity contribution in [2.45, 2.75) is 4.90 Å². The van der Waals surface area contributed by atoms with Gasteiger partial charge in [0.25, 0.3) is 0 Å². The molecule has 1 aromatic heterocycles. The molecule has 19 heavy (non-hydrogen) atoms. The van der Waals surface area contributed by atoms with Crippen LogP contribution < -0.4 is 0 Å². The summed E-state index contributed by atoms with van der Waals surface area (Å²) in [5, 5.41) is 4.11. The zero-order chi connectivity index (χ0) is 14.2. The predicted octanol–water partition coefficient (Wildman–Crippen LogP) is 1.71. The van der Waals surface area contributed by atoms with Crippen molar-refractivity contribution in [2.75, 3.05) is 6.26 Å². The molecule has 5 nitrogen and oxygen atoms in total. The fourth-order valence-electron chi connectivity index (χ4n) is 1.67. The van der Waals surface area contributed by atoms with E-state index in [4.69, 9.17) is 11.6 Å². The molecule has 0 N–H and O–H groups in total. The minimum atomic E-state index is -3.36. The van der Waals surface area contributed by atoms with Crippen LogP contribution in [0, 0.1) is 0 Å². The van der Waals surface area contributed by atoms with E-state index in [-0.39, 0.29) is 27.0 Å². The van der Waals surface area contributed by atoms with E-state index >= 15 is 0 Å². The summed E-state index contributed by atoms with van der Waals surface area (Å²) in [6.45, 7) is 0. The maximum absolute atomic E-state index is 12.3. The van der Waals surface area contributed by atoms with Gasteiger partial charge < -0.3 is 0 Å². The molecule has 100 valence electrons. The molecule has 0 amide bonds. The van der Waals surface area contributed by atoms with Gasteiger partial charge in [0.2, 0.25) is 5.78 Å². The van der Waals surface area contributed by atoms with Crippen molar-refractivity contribution in [1.82, 2.24) is 9.78 Å². The lowest BCUT2D eigenvalue weighted by Crippen LogP contribution is -2.09. The Balaban J connectivity index is 2.52. The fraction of sp³-hybridized carbons (Fsp3) is 0.167. The molecule has 0 saturated carbocycles. The minimum absolute atomic E-state index is 0.0941. The van der Waals surface area contributed by atoms with Crippen LogP contribution in [0.5, 0.6) is 0 Å². The first kappa shape index (κ1) is 13.8. The highest BCUT2D eigenvalue weighted by Crippen LogP contribution is 2.20. The van der Waals surface area contributed by atoms with Crippen LogP contribution in [0.1, 0.15) is 16.1 Å². The molecular weight excluding hydrogens is 288 g/mol. The van der Waals surface area contributed by atoms with Crippen molar-refractivity contribution in [1.29, 1.82) is 0 Å². The average Bonchev–Trinajstić information content (AvgIpc) is 2.67. The number of hydrogen-bond acceptors (Lipinski definition) is 4. The third-order valence-corrected chi connectivity index (χ3v) is 4.02. The second-order valence-electron chi connectivity index (χ2n) is 4.09. The van der Waals surface area contributed by atoms with Crippen LogP contribution in [0.15, 0.2) is 35.4 Å². The molecule has 2 aromatic rings. The Morgan fingerprint density at radius 2 is 2.05 bits per heavy atom. The standard InChI is InChI=1S/C12H11ClN2O3S/c1-15-11(10(13)7-14-15)12(16)8-4-3-5-9(6-8)19(2,17)18/h3-7H,1-2H3. The highest BCUT2D eigenvalue weighted by Gasteiger charge is 2.19. The van der Waals surface area contributed by atoms with Gasteiger partial charge in [0.1, 0.15) is 5.69 Å². The van der Waals surface area contributed by atoms with Crippen LogP contribution in [-0.4, -0.2) is 30.2 Å². The van der Waals surface area contributed by atoms with Gasteiger partial charge in [-0.25, -0.2) is 8.42 Å². The maximum atomic E-state index is 12.3. The van der Waals surface area contributed by atoms with E-state index in [1.54, 1.807) is 13.1 Å². The van der Waals surface area contributed by atoms with Gasteiger partial charge >= 0.3 is 0 Å². The van der Waals surface area contributed by atoms with Crippen LogP contribution in [0.4, 0.5) is 0 Å². The Labute approximate surface area is 115 Å². The van der Waals surface area contributed by atoms with Crippen molar-refractivity contribution in [3.05, 3.63) is 46.7 Å². The van der Waals surface area contributed by atoms with Gasteiger partial charge in [0.15, 0.2) is 9.84 Å². The minimum Gasteiger partial charge on any atom is -0.287 e. The van der Waals surface area contributed by atoms with Crippen molar-refractivity contribution < 1.29 is 13.2 Å². The summed E-state index contributed by atoms with van der Waals surface area (Å²) in [4.78, 5) is 12.4. The molecule has 0 saturated heterocycles. The van der Waals surface area contributed by atoms with Gasteiger partial charge in [0, 0.05) is 18.9 Å². The summed E-state index contributed by atoms with van der Waals surface area (Å²) in [5.41, 5.74) is 0.487. The Morgan fingerprint density at radius 3 is 2.58 bits per heavy atom. The number of ketones is 1. The summed E-state index contributed by atoms with van der Waals surface area (Å²) < 4.78 is 24.3. The molecule has 0 radical (unpaired) electrons. The first-order valence-corrected chi connectivity index (χ1v) is 7.60. The number of carbonyl (C=O) groups is 1. The first-order chi connectivity index (χ1) is 8.80. The molecule has 0 fully saturated rings. The number of sulfone groups is 1. The predicted molar refractivity (Wildman–Crippen MR) is 71.2 cm³/mol. The summed E-state index contributed by atoms with van der Waals surface area (Å²) in [6.07, 6.45) is 2.46. The second-order valence-corrected chi connectivity index (χ2v) is 6.52. The topological polar surface area (TPSA) is 69.0 Å². The van der Waals surface area contributed by atoms with Crippen LogP contribution in [-0.2, 0) is 16.9 Å². The first-order valence-electron chi connectivity index (χ1n) is 5.33. The third kappa shape index (κ3) is 2.69. The lowest BCUT2D eigenvalue weighted by molar-refractivity contribution is 0.103. The lowest BCUT2D eigenvalue weighted by atomic mass is 10.1. The highest BCUT2D eigenvalue weighted by molar-refractivity contribution is 7.90. The van der Waals surface area contributed by atoms with Crippen molar-refractivity contribution in [2.24, 2.45) is 7.05 Å². The van der Waals surface area contributed by atoms with Crippen LogP contribution in [0.2, 0.25) is 5.02 Å². The fourth-order valence-corrected chi connectivity index (χ4v) is 2.59. The zero-order valence-corrected chi connectivity index (χ0v) is 11.9. The van der Waals surface area contributed by atoms with Crippen LogP contribution >= 0.6 is 11.6 Å². The second kappa shape index (κ2) is 4.79. The van der Waals surface area contributed by atoms with Gasteiger partial charge in [-0.3, -0.25) is 9.48 Å². The van der Waals surface area contributed by atoms with Crippen molar-refractivity contribution in [3.63, 3.8) is 0 Å². The third-order valence-electron chi connectivity index (χ3n) is 2.63.